The predicted molar refractivity (Wildman–Crippen MR) is 63.5 cm³/mol. The SMILES string of the molecule is C#Cc1cc(OC)ccc1C1OC1CCC. The van der Waals surface area contributed by atoms with Crippen LogP contribution in [-0.4, -0.2) is 13.2 Å². The first-order valence-corrected chi connectivity index (χ1v) is 5.60. The van der Waals surface area contributed by atoms with Crippen molar-refractivity contribution in [1.82, 2.24) is 0 Å². The van der Waals surface area contributed by atoms with Crippen LogP contribution in [0.4, 0.5) is 0 Å². The zero-order valence-electron chi connectivity index (χ0n) is 9.69. The van der Waals surface area contributed by atoms with Crippen molar-refractivity contribution in [2.45, 2.75) is 32.0 Å². The van der Waals surface area contributed by atoms with E-state index in [1.54, 1.807) is 7.11 Å². The molecular formula is C14H16O2. The van der Waals surface area contributed by atoms with Crippen LogP contribution < -0.4 is 4.74 Å². The number of hydrogen-bond donors (Lipinski definition) is 0. The summed E-state index contributed by atoms with van der Waals surface area (Å²) in [7, 11) is 1.64. The number of terminal acetylenes is 1. The van der Waals surface area contributed by atoms with Crippen LogP contribution in [0.25, 0.3) is 0 Å². The number of ether oxygens (including phenoxy) is 2. The molecule has 2 heteroatoms. The second-order valence-corrected chi connectivity index (χ2v) is 3.98. The molecule has 1 aromatic carbocycles. The van der Waals surface area contributed by atoms with Gasteiger partial charge in [-0.1, -0.05) is 25.3 Å². The van der Waals surface area contributed by atoms with E-state index in [0.717, 1.165) is 29.7 Å². The Balaban J connectivity index is 2.20. The highest BCUT2D eigenvalue weighted by molar-refractivity contribution is 5.47. The molecule has 0 saturated carbocycles. The Morgan fingerprint density at radius 2 is 2.31 bits per heavy atom. The quantitative estimate of drug-likeness (QED) is 0.570. The molecule has 0 aromatic heterocycles. The lowest BCUT2D eigenvalue weighted by atomic mass is 10.0. The second kappa shape index (κ2) is 4.59. The molecule has 84 valence electrons. The fraction of sp³-hybridized carbons (Fsp3) is 0.429. The zero-order valence-corrected chi connectivity index (χ0v) is 9.69. The van der Waals surface area contributed by atoms with Crippen LogP contribution in [0.1, 0.15) is 37.0 Å². The van der Waals surface area contributed by atoms with Gasteiger partial charge in [0.1, 0.15) is 11.9 Å². The highest BCUT2D eigenvalue weighted by Crippen LogP contribution is 2.43. The van der Waals surface area contributed by atoms with Crippen molar-refractivity contribution in [3.63, 3.8) is 0 Å². The van der Waals surface area contributed by atoms with Crippen molar-refractivity contribution in [3.8, 4) is 18.1 Å². The molecule has 1 aromatic rings. The molecule has 0 radical (unpaired) electrons. The van der Waals surface area contributed by atoms with Gasteiger partial charge in [-0.05, 0) is 24.1 Å². The molecule has 2 unspecified atom stereocenters. The summed E-state index contributed by atoms with van der Waals surface area (Å²) in [6.07, 6.45) is 8.28. The molecule has 1 aliphatic rings. The number of benzene rings is 1. The molecule has 1 saturated heterocycles. The van der Waals surface area contributed by atoms with Crippen LogP contribution in [0.5, 0.6) is 5.75 Å². The lowest BCUT2D eigenvalue weighted by molar-refractivity contribution is 0.364. The van der Waals surface area contributed by atoms with E-state index >= 15 is 0 Å². The minimum atomic E-state index is 0.192. The number of epoxide rings is 1. The largest absolute Gasteiger partial charge is 0.497 e. The van der Waals surface area contributed by atoms with Crippen molar-refractivity contribution in [3.05, 3.63) is 29.3 Å². The molecule has 16 heavy (non-hydrogen) atoms. The Hall–Kier alpha value is -1.46. The average molecular weight is 216 g/mol. The van der Waals surface area contributed by atoms with Gasteiger partial charge in [0.25, 0.3) is 0 Å². The summed E-state index contributed by atoms with van der Waals surface area (Å²) in [4.78, 5) is 0. The van der Waals surface area contributed by atoms with Gasteiger partial charge in [0.2, 0.25) is 0 Å². The first-order chi connectivity index (χ1) is 7.80. The fourth-order valence-corrected chi connectivity index (χ4v) is 1.96. The zero-order chi connectivity index (χ0) is 11.5. The van der Waals surface area contributed by atoms with E-state index in [2.05, 4.69) is 12.8 Å². The van der Waals surface area contributed by atoms with Gasteiger partial charge in [-0.3, -0.25) is 0 Å². The van der Waals surface area contributed by atoms with Crippen LogP contribution in [-0.2, 0) is 4.74 Å². The van der Waals surface area contributed by atoms with E-state index in [-0.39, 0.29) is 6.10 Å². The maximum Gasteiger partial charge on any atom is 0.120 e. The molecule has 1 fully saturated rings. The summed E-state index contributed by atoms with van der Waals surface area (Å²) in [5, 5.41) is 0. The molecule has 0 spiro atoms. The first-order valence-electron chi connectivity index (χ1n) is 5.60. The van der Waals surface area contributed by atoms with Crippen LogP contribution in [0.2, 0.25) is 0 Å². The van der Waals surface area contributed by atoms with Gasteiger partial charge in [-0.15, -0.1) is 6.42 Å². The summed E-state index contributed by atoms with van der Waals surface area (Å²) in [5.41, 5.74) is 1.99. The van der Waals surface area contributed by atoms with E-state index in [9.17, 15) is 0 Å². The Kier molecular flexibility index (Phi) is 3.17. The highest BCUT2D eigenvalue weighted by atomic mass is 16.6. The van der Waals surface area contributed by atoms with Gasteiger partial charge < -0.3 is 9.47 Å². The maximum absolute atomic E-state index is 5.62. The second-order valence-electron chi connectivity index (χ2n) is 3.98. The van der Waals surface area contributed by atoms with Crippen molar-refractivity contribution < 1.29 is 9.47 Å². The van der Waals surface area contributed by atoms with Gasteiger partial charge in [-0.25, -0.2) is 0 Å². The van der Waals surface area contributed by atoms with Crippen molar-refractivity contribution in [1.29, 1.82) is 0 Å². The van der Waals surface area contributed by atoms with Gasteiger partial charge in [0, 0.05) is 5.56 Å². The lowest BCUT2D eigenvalue weighted by Gasteiger charge is -2.04. The molecule has 1 aliphatic heterocycles. The van der Waals surface area contributed by atoms with Crippen LogP contribution in [0, 0.1) is 12.3 Å². The molecule has 1 heterocycles. The number of hydrogen-bond acceptors (Lipinski definition) is 2. The summed E-state index contributed by atoms with van der Waals surface area (Å²) >= 11 is 0. The molecule has 2 nitrogen and oxygen atoms in total. The van der Waals surface area contributed by atoms with E-state index in [0.29, 0.717) is 6.10 Å². The Morgan fingerprint density at radius 3 is 2.94 bits per heavy atom. The van der Waals surface area contributed by atoms with Crippen molar-refractivity contribution in [2.75, 3.05) is 7.11 Å². The molecule has 0 amide bonds. The van der Waals surface area contributed by atoms with Gasteiger partial charge in [0.15, 0.2) is 0 Å². The monoisotopic (exact) mass is 216 g/mol. The molecule has 0 aliphatic carbocycles. The van der Waals surface area contributed by atoms with Crippen LogP contribution >= 0.6 is 0 Å². The van der Waals surface area contributed by atoms with Gasteiger partial charge in [0.05, 0.1) is 13.2 Å². The van der Waals surface area contributed by atoms with E-state index in [1.165, 1.54) is 0 Å². The van der Waals surface area contributed by atoms with Crippen molar-refractivity contribution in [2.24, 2.45) is 0 Å². The maximum atomic E-state index is 5.62. The van der Waals surface area contributed by atoms with E-state index in [4.69, 9.17) is 15.9 Å². The first kappa shape index (κ1) is 11.0. The number of rotatable bonds is 4. The third kappa shape index (κ3) is 2.05. The standard InChI is InChI=1S/C14H16O2/c1-4-6-13-14(16-13)12-8-7-11(15-3)9-10(12)5-2/h2,7-9,13-14H,4,6H2,1,3H3. The van der Waals surface area contributed by atoms with Crippen LogP contribution in [0.15, 0.2) is 18.2 Å². The Morgan fingerprint density at radius 1 is 1.50 bits per heavy atom. The summed E-state index contributed by atoms with van der Waals surface area (Å²) in [6, 6.07) is 5.83. The van der Waals surface area contributed by atoms with Crippen molar-refractivity contribution >= 4 is 0 Å². The topological polar surface area (TPSA) is 21.8 Å². The minimum Gasteiger partial charge on any atom is -0.497 e. The van der Waals surface area contributed by atoms with Gasteiger partial charge >= 0.3 is 0 Å². The highest BCUT2D eigenvalue weighted by Gasteiger charge is 2.40. The normalized spacial score (nSPS) is 22.6. The lowest BCUT2D eigenvalue weighted by Crippen LogP contribution is -1.93. The molecular weight excluding hydrogens is 200 g/mol. The molecule has 2 rings (SSSR count). The minimum absolute atomic E-state index is 0.192. The third-order valence-corrected chi connectivity index (χ3v) is 2.88. The van der Waals surface area contributed by atoms with Gasteiger partial charge in [-0.2, -0.15) is 0 Å². The summed E-state index contributed by atoms with van der Waals surface area (Å²) in [5.74, 6) is 3.49. The molecule has 2 atom stereocenters. The number of methoxy groups -OCH3 is 1. The summed E-state index contributed by atoms with van der Waals surface area (Å²) in [6.45, 7) is 2.16. The fourth-order valence-electron chi connectivity index (χ4n) is 1.96. The Labute approximate surface area is 96.6 Å². The molecule has 0 N–H and O–H groups in total. The third-order valence-electron chi connectivity index (χ3n) is 2.88. The predicted octanol–water partition coefficient (Wildman–Crippen LogP) is 2.92. The molecule has 0 bridgehead atoms. The summed E-state index contributed by atoms with van der Waals surface area (Å²) < 4.78 is 10.8. The average Bonchev–Trinajstić information content (AvgIpc) is 3.08. The van der Waals surface area contributed by atoms with E-state index < -0.39 is 0 Å². The van der Waals surface area contributed by atoms with Crippen LogP contribution in [0.3, 0.4) is 0 Å². The smallest absolute Gasteiger partial charge is 0.120 e. The van der Waals surface area contributed by atoms with E-state index in [1.807, 2.05) is 18.2 Å². The Bertz CT molecular complexity index is 417.